The minimum Gasteiger partial charge on any atom is -0.491 e. The number of carbonyl (C=O) groups excluding carboxylic acids is 1. The molecule has 0 unspecified atom stereocenters. The standard InChI is InChI=1S/C20H24ClNO3/c1-13-7-5-6-8-18(13)25-11-16(4)22-19(23)12-24-17-9-14(2)20(21)15(3)10-17/h5-10,16H,11-12H2,1-4H3,(H,22,23)/t16-/m0/s1. The number of aryl methyl sites for hydroxylation is 3. The summed E-state index contributed by atoms with van der Waals surface area (Å²) in [4.78, 5) is 12.0. The van der Waals surface area contributed by atoms with Crippen molar-refractivity contribution in [2.24, 2.45) is 0 Å². The Kier molecular flexibility index (Phi) is 6.71. The lowest BCUT2D eigenvalue weighted by atomic mass is 10.1. The van der Waals surface area contributed by atoms with Gasteiger partial charge in [-0.25, -0.2) is 0 Å². The second kappa shape index (κ2) is 8.77. The molecular weight excluding hydrogens is 338 g/mol. The van der Waals surface area contributed by atoms with E-state index in [2.05, 4.69) is 5.32 Å². The highest BCUT2D eigenvalue weighted by molar-refractivity contribution is 6.32. The van der Waals surface area contributed by atoms with Crippen LogP contribution in [0, 0.1) is 20.8 Å². The molecule has 1 atom stereocenters. The molecule has 0 aliphatic heterocycles. The first-order valence-corrected chi connectivity index (χ1v) is 8.62. The molecule has 2 aromatic carbocycles. The van der Waals surface area contributed by atoms with Crippen LogP contribution in [0.25, 0.3) is 0 Å². The second-order valence-corrected chi connectivity index (χ2v) is 6.58. The molecule has 0 saturated heterocycles. The van der Waals surface area contributed by atoms with Crippen molar-refractivity contribution >= 4 is 17.5 Å². The zero-order chi connectivity index (χ0) is 18.4. The number of para-hydroxylation sites is 1. The number of ether oxygens (including phenoxy) is 2. The number of benzene rings is 2. The van der Waals surface area contributed by atoms with Gasteiger partial charge < -0.3 is 14.8 Å². The highest BCUT2D eigenvalue weighted by atomic mass is 35.5. The van der Waals surface area contributed by atoms with Crippen molar-refractivity contribution in [3.63, 3.8) is 0 Å². The molecule has 0 aliphatic rings. The quantitative estimate of drug-likeness (QED) is 0.802. The lowest BCUT2D eigenvalue weighted by molar-refractivity contribution is -0.123. The molecule has 134 valence electrons. The monoisotopic (exact) mass is 361 g/mol. The molecule has 4 nitrogen and oxygen atoms in total. The summed E-state index contributed by atoms with van der Waals surface area (Å²) in [5.41, 5.74) is 2.92. The van der Waals surface area contributed by atoms with Gasteiger partial charge in [0.2, 0.25) is 0 Å². The molecule has 0 fully saturated rings. The molecule has 0 saturated carbocycles. The number of hydrogen-bond acceptors (Lipinski definition) is 3. The average molecular weight is 362 g/mol. The number of nitrogens with one attached hydrogen (secondary N) is 1. The summed E-state index contributed by atoms with van der Waals surface area (Å²) in [5.74, 6) is 1.27. The van der Waals surface area contributed by atoms with Gasteiger partial charge in [-0.3, -0.25) is 4.79 Å². The van der Waals surface area contributed by atoms with E-state index >= 15 is 0 Å². The van der Waals surface area contributed by atoms with E-state index < -0.39 is 0 Å². The summed E-state index contributed by atoms with van der Waals surface area (Å²) < 4.78 is 11.3. The van der Waals surface area contributed by atoms with Crippen LogP contribution in [0.5, 0.6) is 11.5 Å². The summed E-state index contributed by atoms with van der Waals surface area (Å²) in [7, 11) is 0. The van der Waals surface area contributed by atoms with Gasteiger partial charge in [0.15, 0.2) is 6.61 Å². The Hall–Kier alpha value is -2.20. The highest BCUT2D eigenvalue weighted by Crippen LogP contribution is 2.25. The zero-order valence-electron chi connectivity index (χ0n) is 15.1. The Labute approximate surface area is 154 Å². The van der Waals surface area contributed by atoms with Gasteiger partial charge in [-0.1, -0.05) is 29.8 Å². The maximum Gasteiger partial charge on any atom is 0.258 e. The number of carbonyl (C=O) groups is 1. The van der Waals surface area contributed by atoms with Gasteiger partial charge in [0.25, 0.3) is 5.91 Å². The topological polar surface area (TPSA) is 47.6 Å². The third-order valence-corrected chi connectivity index (χ3v) is 4.37. The van der Waals surface area contributed by atoms with Crippen LogP contribution in [0.15, 0.2) is 36.4 Å². The predicted octanol–water partition coefficient (Wildman–Crippen LogP) is 4.23. The first-order valence-electron chi connectivity index (χ1n) is 8.24. The fraction of sp³-hybridized carbons (Fsp3) is 0.350. The van der Waals surface area contributed by atoms with E-state index in [0.29, 0.717) is 12.4 Å². The van der Waals surface area contributed by atoms with Crippen LogP contribution < -0.4 is 14.8 Å². The normalized spacial score (nSPS) is 11.7. The maximum atomic E-state index is 12.0. The predicted molar refractivity (Wildman–Crippen MR) is 101 cm³/mol. The van der Waals surface area contributed by atoms with E-state index in [1.807, 2.05) is 64.1 Å². The Bertz CT molecular complexity index is 722. The molecule has 0 aromatic heterocycles. The molecule has 0 aliphatic carbocycles. The van der Waals surface area contributed by atoms with Crippen molar-refractivity contribution in [3.05, 3.63) is 58.1 Å². The molecule has 25 heavy (non-hydrogen) atoms. The van der Waals surface area contributed by atoms with Crippen molar-refractivity contribution < 1.29 is 14.3 Å². The van der Waals surface area contributed by atoms with Crippen molar-refractivity contribution in [1.29, 1.82) is 0 Å². The molecule has 1 N–H and O–H groups in total. The number of hydrogen-bond donors (Lipinski definition) is 1. The maximum absolute atomic E-state index is 12.0. The second-order valence-electron chi connectivity index (χ2n) is 6.20. The summed E-state index contributed by atoms with van der Waals surface area (Å²) >= 11 is 6.13. The largest absolute Gasteiger partial charge is 0.491 e. The Balaban J connectivity index is 1.79. The Morgan fingerprint density at radius 3 is 2.36 bits per heavy atom. The molecular formula is C20H24ClNO3. The van der Waals surface area contributed by atoms with Crippen LogP contribution in [-0.4, -0.2) is 25.2 Å². The third kappa shape index (κ3) is 5.68. The first kappa shape index (κ1) is 19.1. The molecule has 1 amide bonds. The van der Waals surface area contributed by atoms with E-state index in [4.69, 9.17) is 21.1 Å². The molecule has 0 heterocycles. The van der Waals surface area contributed by atoms with Crippen molar-refractivity contribution in [1.82, 2.24) is 5.32 Å². The van der Waals surface area contributed by atoms with Gasteiger partial charge in [0, 0.05) is 5.02 Å². The van der Waals surface area contributed by atoms with Gasteiger partial charge in [-0.2, -0.15) is 0 Å². The zero-order valence-corrected chi connectivity index (χ0v) is 15.8. The Morgan fingerprint density at radius 2 is 1.72 bits per heavy atom. The lowest BCUT2D eigenvalue weighted by Gasteiger charge is -2.16. The number of amides is 1. The van der Waals surface area contributed by atoms with Crippen molar-refractivity contribution in [2.75, 3.05) is 13.2 Å². The summed E-state index contributed by atoms with van der Waals surface area (Å²) in [6.45, 7) is 8.06. The van der Waals surface area contributed by atoms with E-state index in [0.717, 1.165) is 27.5 Å². The van der Waals surface area contributed by atoms with E-state index in [1.165, 1.54) is 0 Å². The molecule has 0 radical (unpaired) electrons. The van der Waals surface area contributed by atoms with Gasteiger partial charge in [0.1, 0.15) is 18.1 Å². The van der Waals surface area contributed by atoms with Crippen molar-refractivity contribution in [2.45, 2.75) is 33.7 Å². The van der Waals surface area contributed by atoms with E-state index in [1.54, 1.807) is 0 Å². The average Bonchev–Trinajstić information content (AvgIpc) is 2.57. The van der Waals surface area contributed by atoms with Crippen LogP contribution in [0.4, 0.5) is 0 Å². The van der Waals surface area contributed by atoms with Crippen LogP contribution in [0.1, 0.15) is 23.6 Å². The number of halogens is 1. The minimum absolute atomic E-state index is 0.0464. The molecule has 0 bridgehead atoms. The van der Waals surface area contributed by atoms with Gasteiger partial charge in [0.05, 0.1) is 6.04 Å². The number of rotatable bonds is 7. The van der Waals surface area contributed by atoms with Crippen LogP contribution >= 0.6 is 11.6 Å². The molecule has 2 aromatic rings. The first-order chi connectivity index (χ1) is 11.9. The fourth-order valence-electron chi connectivity index (χ4n) is 2.43. The van der Waals surface area contributed by atoms with Crippen LogP contribution in [-0.2, 0) is 4.79 Å². The SMILES string of the molecule is Cc1ccccc1OC[C@H](C)NC(=O)COc1cc(C)c(Cl)c(C)c1. The van der Waals surface area contributed by atoms with Crippen molar-refractivity contribution in [3.8, 4) is 11.5 Å². The summed E-state index contributed by atoms with van der Waals surface area (Å²) in [6.07, 6.45) is 0. The lowest BCUT2D eigenvalue weighted by Crippen LogP contribution is -2.39. The fourth-order valence-corrected chi connectivity index (χ4v) is 2.54. The molecule has 0 spiro atoms. The van der Waals surface area contributed by atoms with Gasteiger partial charge >= 0.3 is 0 Å². The van der Waals surface area contributed by atoms with Crippen LogP contribution in [0.3, 0.4) is 0 Å². The highest BCUT2D eigenvalue weighted by Gasteiger charge is 2.10. The summed E-state index contributed by atoms with van der Waals surface area (Å²) in [6, 6.07) is 11.3. The van der Waals surface area contributed by atoms with E-state index in [-0.39, 0.29) is 18.6 Å². The third-order valence-electron chi connectivity index (χ3n) is 3.77. The summed E-state index contributed by atoms with van der Waals surface area (Å²) in [5, 5.41) is 3.59. The van der Waals surface area contributed by atoms with E-state index in [9.17, 15) is 4.79 Å². The van der Waals surface area contributed by atoms with Gasteiger partial charge in [-0.15, -0.1) is 0 Å². The van der Waals surface area contributed by atoms with Crippen LogP contribution in [0.2, 0.25) is 5.02 Å². The van der Waals surface area contributed by atoms with Gasteiger partial charge in [-0.05, 0) is 62.6 Å². The smallest absolute Gasteiger partial charge is 0.258 e. The Morgan fingerprint density at radius 1 is 1.08 bits per heavy atom. The molecule has 5 heteroatoms. The molecule has 2 rings (SSSR count). The minimum atomic E-state index is -0.189.